The van der Waals surface area contributed by atoms with E-state index in [0.717, 1.165) is 22.6 Å². The first-order chi connectivity index (χ1) is 14.1. The smallest absolute Gasteiger partial charge is 0.331 e. The summed E-state index contributed by atoms with van der Waals surface area (Å²) in [5.74, 6) is 0.123. The molecule has 0 spiro atoms. The number of benzene rings is 2. The van der Waals surface area contributed by atoms with Gasteiger partial charge in [-0.1, -0.05) is 36.4 Å². The largest absolute Gasteiger partial charge is 0.495 e. The molecular weight excluding hydrogens is 368 g/mol. The SMILES string of the molecule is COc1ccccc1N1CCN(C(=O)COC(=O)/C=C/c2ccccc2C)CC1. The summed E-state index contributed by atoms with van der Waals surface area (Å²) in [5.41, 5.74) is 3.04. The van der Waals surface area contributed by atoms with Gasteiger partial charge in [0.1, 0.15) is 5.75 Å². The van der Waals surface area contributed by atoms with Crippen molar-refractivity contribution in [3.05, 3.63) is 65.7 Å². The average Bonchev–Trinajstić information content (AvgIpc) is 2.77. The molecule has 1 aliphatic rings. The molecule has 29 heavy (non-hydrogen) atoms. The molecule has 1 amide bonds. The first-order valence-electron chi connectivity index (χ1n) is 9.64. The Labute approximate surface area is 171 Å². The van der Waals surface area contributed by atoms with Gasteiger partial charge in [0.25, 0.3) is 5.91 Å². The van der Waals surface area contributed by atoms with Crippen LogP contribution < -0.4 is 9.64 Å². The van der Waals surface area contributed by atoms with Gasteiger partial charge in [0.05, 0.1) is 12.8 Å². The zero-order valence-electron chi connectivity index (χ0n) is 16.8. The Morgan fingerprint density at radius 2 is 1.69 bits per heavy atom. The van der Waals surface area contributed by atoms with Crippen LogP contribution in [0.3, 0.4) is 0 Å². The molecule has 2 aromatic carbocycles. The number of methoxy groups -OCH3 is 1. The molecule has 2 aromatic rings. The van der Waals surface area contributed by atoms with E-state index in [1.54, 1.807) is 18.1 Å². The normalized spacial score (nSPS) is 14.1. The number of amides is 1. The Kier molecular flexibility index (Phi) is 6.89. The Morgan fingerprint density at radius 3 is 2.41 bits per heavy atom. The Morgan fingerprint density at radius 1 is 1.00 bits per heavy atom. The molecule has 0 saturated carbocycles. The van der Waals surface area contributed by atoms with Crippen LogP contribution >= 0.6 is 0 Å². The van der Waals surface area contributed by atoms with Crippen molar-refractivity contribution in [2.75, 3.05) is 44.8 Å². The third kappa shape index (κ3) is 5.38. The van der Waals surface area contributed by atoms with E-state index in [2.05, 4.69) is 4.90 Å². The minimum absolute atomic E-state index is 0.178. The fourth-order valence-electron chi connectivity index (χ4n) is 3.29. The molecule has 0 N–H and O–H groups in total. The number of hydrogen-bond acceptors (Lipinski definition) is 5. The van der Waals surface area contributed by atoms with E-state index in [9.17, 15) is 9.59 Å². The molecule has 0 bridgehead atoms. The van der Waals surface area contributed by atoms with Crippen molar-refractivity contribution in [2.24, 2.45) is 0 Å². The van der Waals surface area contributed by atoms with Gasteiger partial charge in [-0.15, -0.1) is 0 Å². The molecule has 1 fully saturated rings. The number of para-hydroxylation sites is 2. The van der Waals surface area contributed by atoms with E-state index in [1.807, 2.05) is 55.5 Å². The Bertz CT molecular complexity index is 886. The summed E-state index contributed by atoms with van der Waals surface area (Å²) in [7, 11) is 1.65. The van der Waals surface area contributed by atoms with Gasteiger partial charge in [-0.05, 0) is 36.3 Å². The lowest BCUT2D eigenvalue weighted by Crippen LogP contribution is -2.50. The van der Waals surface area contributed by atoms with Gasteiger partial charge in [-0.2, -0.15) is 0 Å². The standard InChI is InChI=1S/C23H26N2O4/c1-18-7-3-4-8-19(18)11-12-23(27)29-17-22(26)25-15-13-24(14-16-25)20-9-5-6-10-21(20)28-2/h3-12H,13-17H2,1-2H3/b12-11+. The van der Waals surface area contributed by atoms with Crippen LogP contribution in [0.4, 0.5) is 5.69 Å². The summed E-state index contributed by atoms with van der Waals surface area (Å²) >= 11 is 0. The number of aryl methyl sites for hydroxylation is 1. The van der Waals surface area contributed by atoms with Crippen LogP contribution in [0.1, 0.15) is 11.1 Å². The Hall–Kier alpha value is -3.28. The van der Waals surface area contributed by atoms with Crippen molar-refractivity contribution in [1.82, 2.24) is 4.90 Å². The van der Waals surface area contributed by atoms with Crippen LogP contribution in [0.2, 0.25) is 0 Å². The number of carbonyl (C=O) groups is 2. The summed E-state index contributed by atoms with van der Waals surface area (Å²) in [6.45, 7) is 4.28. The third-order valence-corrected chi connectivity index (χ3v) is 4.98. The fraction of sp³-hybridized carbons (Fsp3) is 0.304. The fourth-order valence-corrected chi connectivity index (χ4v) is 3.29. The van der Waals surface area contributed by atoms with Crippen molar-refractivity contribution < 1.29 is 19.1 Å². The van der Waals surface area contributed by atoms with Gasteiger partial charge in [-0.25, -0.2) is 4.79 Å². The molecule has 0 aliphatic carbocycles. The number of nitrogens with zero attached hydrogens (tertiary/aromatic N) is 2. The molecule has 0 unspecified atom stereocenters. The van der Waals surface area contributed by atoms with E-state index in [1.165, 1.54) is 6.08 Å². The molecule has 0 aromatic heterocycles. The zero-order valence-corrected chi connectivity index (χ0v) is 16.8. The van der Waals surface area contributed by atoms with E-state index < -0.39 is 5.97 Å². The van der Waals surface area contributed by atoms with Crippen molar-refractivity contribution in [2.45, 2.75) is 6.92 Å². The van der Waals surface area contributed by atoms with Crippen molar-refractivity contribution in [3.63, 3.8) is 0 Å². The maximum Gasteiger partial charge on any atom is 0.331 e. The minimum Gasteiger partial charge on any atom is -0.495 e. The topological polar surface area (TPSA) is 59.1 Å². The first kappa shape index (κ1) is 20.5. The summed E-state index contributed by atoms with van der Waals surface area (Å²) in [5, 5.41) is 0. The highest BCUT2D eigenvalue weighted by Crippen LogP contribution is 2.28. The van der Waals surface area contributed by atoms with Gasteiger partial charge < -0.3 is 19.3 Å². The van der Waals surface area contributed by atoms with E-state index in [4.69, 9.17) is 9.47 Å². The molecule has 6 heteroatoms. The Balaban J connectivity index is 1.46. The molecule has 0 radical (unpaired) electrons. The van der Waals surface area contributed by atoms with Crippen LogP contribution in [0, 0.1) is 6.92 Å². The highest BCUT2D eigenvalue weighted by atomic mass is 16.5. The van der Waals surface area contributed by atoms with Crippen molar-refractivity contribution >= 4 is 23.6 Å². The zero-order chi connectivity index (χ0) is 20.6. The maximum atomic E-state index is 12.4. The molecule has 152 valence electrons. The monoisotopic (exact) mass is 394 g/mol. The number of rotatable bonds is 6. The lowest BCUT2D eigenvalue weighted by molar-refractivity contribution is -0.148. The number of anilines is 1. The minimum atomic E-state index is -0.519. The number of ether oxygens (including phenoxy) is 2. The van der Waals surface area contributed by atoms with Crippen LogP contribution in [0.25, 0.3) is 6.08 Å². The second kappa shape index (κ2) is 9.78. The van der Waals surface area contributed by atoms with Crippen molar-refractivity contribution in [3.8, 4) is 5.75 Å². The van der Waals surface area contributed by atoms with Gasteiger partial charge in [0.15, 0.2) is 6.61 Å². The number of piperazine rings is 1. The number of esters is 1. The van der Waals surface area contributed by atoms with Crippen LogP contribution in [0.5, 0.6) is 5.75 Å². The average molecular weight is 394 g/mol. The lowest BCUT2D eigenvalue weighted by atomic mass is 10.1. The second-order valence-electron chi connectivity index (χ2n) is 6.84. The highest BCUT2D eigenvalue weighted by Gasteiger charge is 2.23. The van der Waals surface area contributed by atoms with Gasteiger partial charge in [-0.3, -0.25) is 4.79 Å². The molecule has 6 nitrogen and oxygen atoms in total. The first-order valence-corrected chi connectivity index (χ1v) is 9.64. The summed E-state index contributed by atoms with van der Waals surface area (Å²) in [6.07, 6.45) is 3.06. The molecule has 1 heterocycles. The number of carbonyl (C=O) groups excluding carboxylic acids is 2. The van der Waals surface area contributed by atoms with Crippen molar-refractivity contribution in [1.29, 1.82) is 0 Å². The summed E-state index contributed by atoms with van der Waals surface area (Å²) in [6, 6.07) is 15.6. The third-order valence-electron chi connectivity index (χ3n) is 4.98. The van der Waals surface area contributed by atoms with Crippen LogP contribution in [0.15, 0.2) is 54.6 Å². The molecule has 0 atom stereocenters. The van der Waals surface area contributed by atoms with Gasteiger partial charge in [0, 0.05) is 32.3 Å². The van der Waals surface area contributed by atoms with E-state index in [-0.39, 0.29) is 12.5 Å². The molecule has 3 rings (SSSR count). The molecular formula is C23H26N2O4. The molecule has 1 aliphatic heterocycles. The highest BCUT2D eigenvalue weighted by molar-refractivity contribution is 5.89. The van der Waals surface area contributed by atoms with E-state index >= 15 is 0 Å². The molecule has 1 saturated heterocycles. The predicted octanol–water partition coefficient (Wildman–Crippen LogP) is 2.91. The quantitative estimate of drug-likeness (QED) is 0.557. The van der Waals surface area contributed by atoms with Crippen LogP contribution in [-0.4, -0.2) is 56.7 Å². The van der Waals surface area contributed by atoms with E-state index in [0.29, 0.717) is 26.2 Å². The summed E-state index contributed by atoms with van der Waals surface area (Å²) < 4.78 is 10.5. The maximum absolute atomic E-state index is 12.4. The van der Waals surface area contributed by atoms with Gasteiger partial charge in [0.2, 0.25) is 0 Å². The summed E-state index contributed by atoms with van der Waals surface area (Å²) in [4.78, 5) is 28.2. The lowest BCUT2D eigenvalue weighted by Gasteiger charge is -2.36. The van der Waals surface area contributed by atoms with Gasteiger partial charge >= 0.3 is 5.97 Å². The number of hydrogen-bond donors (Lipinski definition) is 0. The van der Waals surface area contributed by atoms with Crippen LogP contribution in [-0.2, 0) is 14.3 Å². The predicted molar refractivity (Wildman–Crippen MR) is 113 cm³/mol. The second-order valence-corrected chi connectivity index (χ2v) is 6.84.